The molecule has 1 aliphatic heterocycles. The van der Waals surface area contributed by atoms with Crippen LogP contribution in [-0.2, 0) is 14.8 Å². The Balaban J connectivity index is 2.54. The Morgan fingerprint density at radius 2 is 1.88 bits per heavy atom. The molecular weight excluding hydrogens is 360 g/mol. The highest BCUT2D eigenvalue weighted by molar-refractivity contribution is 7.89. The number of rotatable bonds is 7. The van der Waals surface area contributed by atoms with E-state index in [2.05, 4.69) is 0 Å². The van der Waals surface area contributed by atoms with Crippen molar-refractivity contribution in [3.63, 3.8) is 0 Å². The molecule has 1 aliphatic rings. The predicted molar refractivity (Wildman–Crippen MR) is 96.4 cm³/mol. The highest BCUT2D eigenvalue weighted by atomic mass is 32.2. The molecule has 1 heterocycles. The van der Waals surface area contributed by atoms with E-state index in [9.17, 15) is 13.2 Å². The highest BCUT2D eigenvalue weighted by Crippen LogP contribution is 2.35. The maximum atomic E-state index is 13.0. The van der Waals surface area contributed by atoms with Crippen molar-refractivity contribution < 1.29 is 27.4 Å². The fraction of sp³-hybridized carbons (Fsp3) is 0.588. The molecule has 0 spiro atoms. The van der Waals surface area contributed by atoms with Gasteiger partial charge < -0.3 is 19.1 Å². The Hall–Kier alpha value is -1.84. The number of ether oxygens (including phenoxy) is 3. The van der Waals surface area contributed by atoms with Gasteiger partial charge in [-0.25, -0.2) is 8.42 Å². The van der Waals surface area contributed by atoms with Crippen LogP contribution < -0.4 is 9.47 Å². The molecule has 0 radical (unpaired) electrons. The van der Waals surface area contributed by atoms with Crippen LogP contribution in [0.5, 0.6) is 11.5 Å². The van der Waals surface area contributed by atoms with Crippen LogP contribution in [0.25, 0.3) is 0 Å². The van der Waals surface area contributed by atoms with E-state index in [-0.39, 0.29) is 41.0 Å². The van der Waals surface area contributed by atoms with Crippen molar-refractivity contribution in [3.8, 4) is 11.5 Å². The van der Waals surface area contributed by atoms with Gasteiger partial charge in [-0.15, -0.1) is 0 Å². The summed E-state index contributed by atoms with van der Waals surface area (Å²) in [5.41, 5.74) is 0.162. The van der Waals surface area contributed by atoms with Crippen LogP contribution >= 0.6 is 0 Å². The molecule has 9 heteroatoms. The molecule has 0 aromatic heterocycles. The molecule has 1 aromatic carbocycles. The Morgan fingerprint density at radius 1 is 1.23 bits per heavy atom. The second kappa shape index (κ2) is 8.70. The summed E-state index contributed by atoms with van der Waals surface area (Å²) >= 11 is 0. The van der Waals surface area contributed by atoms with Crippen LogP contribution in [0.3, 0.4) is 0 Å². The van der Waals surface area contributed by atoms with E-state index in [1.807, 2.05) is 6.92 Å². The zero-order valence-corrected chi connectivity index (χ0v) is 16.5. The quantitative estimate of drug-likeness (QED) is 0.700. The minimum atomic E-state index is -3.77. The lowest BCUT2D eigenvalue weighted by atomic mass is 10.1. The SMILES string of the molecule is CCCN(C)C(=O)c1cc(S(=O)(=O)N2CCOCC2)cc(OC)c1OC. The Kier molecular flexibility index (Phi) is 6.85. The predicted octanol–water partition coefficient (Wildman–Crippen LogP) is 1.21. The molecule has 1 aromatic rings. The number of carbonyl (C=O) groups is 1. The fourth-order valence-corrected chi connectivity index (χ4v) is 4.28. The molecular formula is C17H26N2O6S. The van der Waals surface area contributed by atoms with E-state index in [0.717, 1.165) is 6.42 Å². The van der Waals surface area contributed by atoms with Crippen LogP contribution in [0.4, 0.5) is 0 Å². The van der Waals surface area contributed by atoms with Crippen molar-refractivity contribution in [1.82, 2.24) is 9.21 Å². The lowest BCUT2D eigenvalue weighted by Gasteiger charge is -2.27. The van der Waals surface area contributed by atoms with E-state index in [0.29, 0.717) is 19.8 Å². The highest BCUT2D eigenvalue weighted by Gasteiger charge is 2.30. The van der Waals surface area contributed by atoms with Gasteiger partial charge in [0.1, 0.15) is 0 Å². The summed E-state index contributed by atoms with van der Waals surface area (Å²) in [6.07, 6.45) is 0.785. The monoisotopic (exact) mass is 386 g/mol. The number of benzene rings is 1. The van der Waals surface area contributed by atoms with Gasteiger partial charge in [-0.05, 0) is 12.5 Å². The van der Waals surface area contributed by atoms with Gasteiger partial charge in [0.25, 0.3) is 5.91 Å². The fourth-order valence-electron chi connectivity index (χ4n) is 2.83. The molecule has 0 saturated carbocycles. The number of amides is 1. The van der Waals surface area contributed by atoms with E-state index in [1.165, 1.54) is 35.6 Å². The van der Waals surface area contributed by atoms with Crippen LogP contribution in [0.15, 0.2) is 17.0 Å². The van der Waals surface area contributed by atoms with Crippen LogP contribution in [0.2, 0.25) is 0 Å². The van der Waals surface area contributed by atoms with Crippen molar-refractivity contribution in [2.75, 3.05) is 54.1 Å². The van der Waals surface area contributed by atoms with Crippen molar-refractivity contribution in [2.24, 2.45) is 0 Å². The number of methoxy groups -OCH3 is 2. The minimum Gasteiger partial charge on any atom is -0.493 e. The third-order valence-electron chi connectivity index (χ3n) is 4.20. The Labute approximate surface area is 154 Å². The molecule has 0 N–H and O–H groups in total. The summed E-state index contributed by atoms with van der Waals surface area (Å²) in [5, 5.41) is 0. The minimum absolute atomic E-state index is 0.00491. The lowest BCUT2D eigenvalue weighted by molar-refractivity contribution is 0.0730. The number of hydrogen-bond donors (Lipinski definition) is 0. The summed E-state index contributed by atoms with van der Waals surface area (Å²) < 4.78 is 43.1. The van der Waals surface area contributed by atoms with Crippen LogP contribution in [0.1, 0.15) is 23.7 Å². The third-order valence-corrected chi connectivity index (χ3v) is 6.07. The first-order valence-corrected chi connectivity index (χ1v) is 9.90. The molecule has 2 rings (SSSR count). The van der Waals surface area contributed by atoms with Gasteiger partial charge in [0.15, 0.2) is 11.5 Å². The molecule has 1 fully saturated rings. The average molecular weight is 386 g/mol. The molecule has 0 atom stereocenters. The van der Waals surface area contributed by atoms with E-state index in [1.54, 1.807) is 7.05 Å². The number of morpholine rings is 1. The maximum Gasteiger partial charge on any atom is 0.257 e. The molecule has 0 bridgehead atoms. The number of sulfonamides is 1. The topological polar surface area (TPSA) is 85.4 Å². The van der Waals surface area contributed by atoms with Gasteiger partial charge in [-0.2, -0.15) is 4.31 Å². The zero-order valence-electron chi connectivity index (χ0n) is 15.6. The van der Waals surface area contributed by atoms with Crippen molar-refractivity contribution in [2.45, 2.75) is 18.2 Å². The van der Waals surface area contributed by atoms with E-state index >= 15 is 0 Å². The molecule has 1 saturated heterocycles. The van der Waals surface area contributed by atoms with Gasteiger partial charge in [0.2, 0.25) is 10.0 Å². The second-order valence-corrected chi connectivity index (χ2v) is 7.89. The van der Waals surface area contributed by atoms with E-state index in [4.69, 9.17) is 14.2 Å². The maximum absolute atomic E-state index is 13.0. The van der Waals surface area contributed by atoms with Crippen LogP contribution in [0, 0.1) is 0 Å². The molecule has 0 aliphatic carbocycles. The standard InChI is InChI=1S/C17H26N2O6S/c1-5-6-18(2)17(20)14-11-13(12-15(23-3)16(14)24-4)26(21,22)19-7-9-25-10-8-19/h11-12H,5-10H2,1-4H3. The van der Waals surface area contributed by atoms with Gasteiger partial charge in [-0.1, -0.05) is 6.92 Å². The van der Waals surface area contributed by atoms with Gasteiger partial charge in [0, 0.05) is 32.7 Å². The first-order chi connectivity index (χ1) is 12.4. The first-order valence-electron chi connectivity index (χ1n) is 8.46. The van der Waals surface area contributed by atoms with Gasteiger partial charge in [-0.3, -0.25) is 4.79 Å². The van der Waals surface area contributed by atoms with Crippen molar-refractivity contribution in [3.05, 3.63) is 17.7 Å². The number of hydrogen-bond acceptors (Lipinski definition) is 6. The molecule has 26 heavy (non-hydrogen) atoms. The summed E-state index contributed by atoms with van der Waals surface area (Å²) in [6.45, 7) is 3.74. The average Bonchev–Trinajstić information content (AvgIpc) is 2.66. The third kappa shape index (κ3) is 4.11. The Morgan fingerprint density at radius 3 is 2.42 bits per heavy atom. The molecule has 8 nitrogen and oxygen atoms in total. The smallest absolute Gasteiger partial charge is 0.257 e. The normalized spacial score (nSPS) is 15.5. The van der Waals surface area contributed by atoms with Crippen molar-refractivity contribution >= 4 is 15.9 Å². The summed E-state index contributed by atoms with van der Waals surface area (Å²) in [6, 6.07) is 2.75. The van der Waals surface area contributed by atoms with Gasteiger partial charge in [0.05, 0.1) is 37.9 Å². The van der Waals surface area contributed by atoms with Crippen LogP contribution in [-0.4, -0.2) is 77.6 Å². The largest absolute Gasteiger partial charge is 0.493 e. The molecule has 0 unspecified atom stereocenters. The summed E-state index contributed by atoms with van der Waals surface area (Å²) in [5.74, 6) is 0.109. The first kappa shape index (κ1) is 20.5. The summed E-state index contributed by atoms with van der Waals surface area (Å²) in [4.78, 5) is 14.3. The molecule has 146 valence electrons. The molecule has 1 amide bonds. The van der Waals surface area contributed by atoms with Crippen molar-refractivity contribution in [1.29, 1.82) is 0 Å². The second-order valence-electron chi connectivity index (χ2n) is 5.95. The number of nitrogens with zero attached hydrogens (tertiary/aromatic N) is 2. The summed E-state index contributed by atoms with van der Waals surface area (Å²) in [7, 11) is 0.732. The van der Waals surface area contributed by atoms with E-state index < -0.39 is 10.0 Å². The van der Waals surface area contributed by atoms with Gasteiger partial charge >= 0.3 is 0 Å². The number of carbonyl (C=O) groups excluding carboxylic acids is 1. The Bertz CT molecular complexity index is 744. The zero-order chi connectivity index (χ0) is 19.3. The lowest BCUT2D eigenvalue weighted by Crippen LogP contribution is -2.40.